The Balaban J connectivity index is 1.93. The third kappa shape index (κ3) is 5.27. The van der Waals surface area contributed by atoms with Crippen molar-refractivity contribution in [1.29, 1.82) is 0 Å². The van der Waals surface area contributed by atoms with Gasteiger partial charge in [0.2, 0.25) is 0 Å². The van der Waals surface area contributed by atoms with Crippen molar-refractivity contribution in [2.45, 2.75) is 33.2 Å². The summed E-state index contributed by atoms with van der Waals surface area (Å²) in [6.07, 6.45) is 2.00. The molecule has 0 spiro atoms. The number of hydrogen-bond acceptors (Lipinski definition) is 3. The third-order valence-electron chi connectivity index (χ3n) is 5.63. The number of benzene rings is 2. The fourth-order valence-electron chi connectivity index (χ4n) is 4.13. The highest BCUT2D eigenvalue weighted by molar-refractivity contribution is 5.88. The summed E-state index contributed by atoms with van der Waals surface area (Å²) in [6.45, 7) is 8.48. The Morgan fingerprint density at radius 2 is 1.86 bits per heavy atom. The SMILES string of the molecule is COc1cccc([C@@H]2CN(Cc3ccccc3)C[C@H]2C=C(C(=O)O)C(C)(C)C)c1. The largest absolute Gasteiger partial charge is 0.497 e. The van der Waals surface area contributed by atoms with Crippen LogP contribution in [0, 0.1) is 11.3 Å². The van der Waals surface area contributed by atoms with E-state index < -0.39 is 11.4 Å². The van der Waals surface area contributed by atoms with Crippen molar-refractivity contribution in [3.63, 3.8) is 0 Å². The van der Waals surface area contributed by atoms with E-state index >= 15 is 0 Å². The topological polar surface area (TPSA) is 49.8 Å². The molecule has 1 N–H and O–H groups in total. The molecule has 2 atom stereocenters. The van der Waals surface area contributed by atoms with Gasteiger partial charge in [0.15, 0.2) is 0 Å². The first-order valence-electron chi connectivity index (χ1n) is 10.1. The number of methoxy groups -OCH3 is 1. The van der Waals surface area contributed by atoms with E-state index in [4.69, 9.17) is 4.74 Å². The van der Waals surface area contributed by atoms with E-state index in [0.29, 0.717) is 5.57 Å². The summed E-state index contributed by atoms with van der Waals surface area (Å²) in [7, 11) is 1.68. The van der Waals surface area contributed by atoms with Crippen LogP contribution in [-0.4, -0.2) is 36.2 Å². The van der Waals surface area contributed by atoms with Crippen LogP contribution in [0.3, 0.4) is 0 Å². The van der Waals surface area contributed by atoms with Gasteiger partial charge in [0.05, 0.1) is 7.11 Å². The summed E-state index contributed by atoms with van der Waals surface area (Å²) >= 11 is 0. The van der Waals surface area contributed by atoms with Crippen molar-refractivity contribution in [1.82, 2.24) is 4.90 Å². The Kier molecular flexibility index (Phi) is 6.43. The Morgan fingerprint density at radius 3 is 2.48 bits per heavy atom. The molecule has 1 saturated heterocycles. The Bertz CT molecular complexity index is 867. The standard InChI is InChI=1S/C25H31NO3/c1-25(2,3)23(24(27)28)14-20-16-26(15-18-9-6-5-7-10-18)17-22(20)19-11-8-12-21(13-19)29-4/h5-14,20,22H,15-17H2,1-4H3,(H,27,28)/t20-,22+/m1/s1. The summed E-state index contributed by atoms with van der Waals surface area (Å²) in [6, 6.07) is 18.6. The highest BCUT2D eigenvalue weighted by atomic mass is 16.5. The van der Waals surface area contributed by atoms with Crippen molar-refractivity contribution in [3.05, 3.63) is 77.4 Å². The van der Waals surface area contributed by atoms with Crippen LogP contribution >= 0.6 is 0 Å². The minimum atomic E-state index is -0.830. The van der Waals surface area contributed by atoms with Gasteiger partial charge in [0, 0.05) is 31.1 Å². The van der Waals surface area contributed by atoms with Crippen molar-refractivity contribution in [2.75, 3.05) is 20.2 Å². The zero-order chi connectivity index (χ0) is 21.0. The molecule has 0 aromatic heterocycles. The van der Waals surface area contributed by atoms with Crippen LogP contribution in [0.4, 0.5) is 0 Å². The van der Waals surface area contributed by atoms with Crippen molar-refractivity contribution in [2.24, 2.45) is 11.3 Å². The van der Waals surface area contributed by atoms with Gasteiger partial charge >= 0.3 is 5.97 Å². The molecule has 0 unspecified atom stereocenters. The summed E-state index contributed by atoms with van der Waals surface area (Å²) < 4.78 is 5.42. The lowest BCUT2D eigenvalue weighted by Gasteiger charge is -2.23. The van der Waals surface area contributed by atoms with Crippen LogP contribution in [0.15, 0.2) is 66.2 Å². The van der Waals surface area contributed by atoms with Crippen molar-refractivity contribution >= 4 is 5.97 Å². The summed E-state index contributed by atoms with van der Waals surface area (Å²) in [5.41, 5.74) is 2.55. The van der Waals surface area contributed by atoms with Crippen molar-refractivity contribution < 1.29 is 14.6 Å². The average Bonchev–Trinajstić information content (AvgIpc) is 3.08. The zero-order valence-corrected chi connectivity index (χ0v) is 17.8. The Morgan fingerprint density at radius 1 is 1.14 bits per heavy atom. The molecule has 4 heteroatoms. The fourth-order valence-corrected chi connectivity index (χ4v) is 4.13. The number of carboxylic acids is 1. The average molecular weight is 394 g/mol. The molecule has 1 aliphatic rings. The van der Waals surface area contributed by atoms with Crippen LogP contribution < -0.4 is 4.74 Å². The molecule has 2 aromatic carbocycles. The van der Waals surface area contributed by atoms with Crippen molar-refractivity contribution in [3.8, 4) is 5.75 Å². The van der Waals surface area contributed by atoms with Gasteiger partial charge in [-0.15, -0.1) is 0 Å². The lowest BCUT2D eigenvalue weighted by atomic mass is 9.81. The predicted octanol–water partition coefficient (Wildman–Crippen LogP) is 4.97. The number of aliphatic carboxylic acids is 1. The molecule has 154 valence electrons. The smallest absolute Gasteiger partial charge is 0.331 e. The molecule has 1 fully saturated rings. The summed E-state index contributed by atoms with van der Waals surface area (Å²) in [5, 5.41) is 9.81. The van der Waals surface area contributed by atoms with Crippen LogP contribution in [-0.2, 0) is 11.3 Å². The van der Waals surface area contributed by atoms with Gasteiger partial charge in [0.1, 0.15) is 5.75 Å². The molecule has 2 aromatic rings. The van der Waals surface area contributed by atoms with E-state index in [1.165, 1.54) is 11.1 Å². The molecule has 1 heterocycles. The molecule has 3 rings (SSSR count). The highest BCUT2D eigenvalue weighted by Crippen LogP contribution is 2.38. The van der Waals surface area contributed by atoms with Gasteiger partial charge in [-0.05, 0) is 34.6 Å². The number of likely N-dealkylation sites (tertiary alicyclic amines) is 1. The number of nitrogens with zero attached hydrogens (tertiary/aromatic N) is 1. The van der Waals surface area contributed by atoms with Gasteiger partial charge in [-0.1, -0.05) is 69.3 Å². The molecule has 1 aliphatic heterocycles. The normalized spacial score (nSPS) is 20.6. The molecule has 0 radical (unpaired) electrons. The number of carboxylic acid groups (broad SMARTS) is 1. The molecule has 4 nitrogen and oxygen atoms in total. The maximum atomic E-state index is 11.9. The van der Waals surface area contributed by atoms with E-state index in [2.05, 4.69) is 41.3 Å². The first kappa shape index (κ1) is 21.1. The third-order valence-corrected chi connectivity index (χ3v) is 5.63. The van der Waals surface area contributed by atoms with E-state index in [0.717, 1.165) is 25.4 Å². The first-order chi connectivity index (χ1) is 13.8. The minimum Gasteiger partial charge on any atom is -0.497 e. The molecular formula is C25H31NO3. The summed E-state index contributed by atoms with van der Waals surface area (Å²) in [4.78, 5) is 14.4. The van der Waals surface area contributed by atoms with Crippen LogP contribution in [0.25, 0.3) is 0 Å². The van der Waals surface area contributed by atoms with E-state index in [1.54, 1.807) is 7.11 Å². The second-order valence-electron chi connectivity index (χ2n) is 8.86. The van der Waals surface area contributed by atoms with Crippen LogP contribution in [0.1, 0.15) is 37.8 Å². The Labute approximate surface area is 173 Å². The minimum absolute atomic E-state index is 0.135. The van der Waals surface area contributed by atoms with Gasteiger partial charge in [-0.3, -0.25) is 4.90 Å². The number of hydrogen-bond donors (Lipinski definition) is 1. The lowest BCUT2D eigenvalue weighted by Crippen LogP contribution is -2.21. The molecule has 29 heavy (non-hydrogen) atoms. The van der Waals surface area contributed by atoms with Gasteiger partial charge in [0.25, 0.3) is 0 Å². The first-order valence-corrected chi connectivity index (χ1v) is 10.1. The van der Waals surface area contributed by atoms with Crippen LogP contribution in [0.2, 0.25) is 0 Å². The molecular weight excluding hydrogens is 362 g/mol. The van der Waals surface area contributed by atoms with E-state index in [-0.39, 0.29) is 11.8 Å². The second kappa shape index (κ2) is 8.83. The monoisotopic (exact) mass is 393 g/mol. The maximum Gasteiger partial charge on any atom is 0.331 e. The lowest BCUT2D eigenvalue weighted by molar-refractivity contribution is -0.133. The number of rotatable bonds is 6. The van der Waals surface area contributed by atoms with Gasteiger partial charge < -0.3 is 9.84 Å². The number of ether oxygens (including phenoxy) is 1. The van der Waals surface area contributed by atoms with Gasteiger partial charge in [-0.25, -0.2) is 4.79 Å². The molecule has 0 amide bonds. The fraction of sp³-hybridized carbons (Fsp3) is 0.400. The van der Waals surface area contributed by atoms with E-state index in [1.807, 2.05) is 45.0 Å². The van der Waals surface area contributed by atoms with Crippen LogP contribution in [0.5, 0.6) is 5.75 Å². The second-order valence-corrected chi connectivity index (χ2v) is 8.86. The molecule has 0 aliphatic carbocycles. The number of carbonyl (C=O) groups is 1. The van der Waals surface area contributed by atoms with Gasteiger partial charge in [-0.2, -0.15) is 0 Å². The Hall–Kier alpha value is -2.59. The molecule has 0 bridgehead atoms. The zero-order valence-electron chi connectivity index (χ0n) is 17.8. The molecule has 0 saturated carbocycles. The summed E-state index contributed by atoms with van der Waals surface area (Å²) in [5.74, 6) is 0.367. The predicted molar refractivity (Wildman–Crippen MR) is 116 cm³/mol. The highest BCUT2D eigenvalue weighted by Gasteiger charge is 2.35. The maximum absolute atomic E-state index is 11.9. The van der Waals surface area contributed by atoms with E-state index in [9.17, 15) is 9.90 Å². The quantitative estimate of drug-likeness (QED) is 0.704.